The fourth-order valence-corrected chi connectivity index (χ4v) is 2.98. The number of nitrogens with zero attached hydrogens (tertiary/aromatic N) is 2. The molecule has 27 heavy (non-hydrogen) atoms. The van der Waals surface area contributed by atoms with Gasteiger partial charge in [0.2, 0.25) is 5.91 Å². The Bertz CT molecular complexity index is 917. The van der Waals surface area contributed by atoms with Crippen molar-refractivity contribution in [3.8, 4) is 5.75 Å². The van der Waals surface area contributed by atoms with E-state index in [1.807, 2.05) is 80.2 Å². The molecule has 0 unspecified atom stereocenters. The maximum Gasteiger partial charge on any atom is 0.224 e. The molecule has 140 valence electrons. The maximum atomic E-state index is 12.3. The van der Waals surface area contributed by atoms with Crippen LogP contribution in [0.1, 0.15) is 28.1 Å². The minimum absolute atomic E-state index is 0.00944. The second kappa shape index (κ2) is 8.54. The Hall–Kier alpha value is -3.08. The number of benzene rings is 2. The molecule has 5 nitrogen and oxygen atoms in total. The molecule has 3 aromatic rings. The minimum atomic E-state index is -0.00944. The van der Waals surface area contributed by atoms with Gasteiger partial charge in [0.05, 0.1) is 12.1 Å². The van der Waals surface area contributed by atoms with E-state index in [1.54, 1.807) is 0 Å². The second-order valence-electron chi connectivity index (χ2n) is 6.65. The van der Waals surface area contributed by atoms with E-state index in [9.17, 15) is 4.79 Å². The number of hydrogen-bond acceptors (Lipinski definition) is 3. The molecule has 0 aliphatic rings. The van der Waals surface area contributed by atoms with Crippen molar-refractivity contribution in [3.05, 3.63) is 82.7 Å². The number of carbonyl (C=O) groups excluding carboxylic acids is 1. The topological polar surface area (TPSA) is 56.2 Å². The molecule has 5 heteroatoms. The van der Waals surface area contributed by atoms with Crippen LogP contribution in [0.5, 0.6) is 5.75 Å². The number of nitrogens with one attached hydrogen (secondary N) is 1. The summed E-state index contributed by atoms with van der Waals surface area (Å²) in [5.74, 6) is 0.786. The van der Waals surface area contributed by atoms with Gasteiger partial charge in [-0.05, 0) is 37.1 Å². The van der Waals surface area contributed by atoms with E-state index in [-0.39, 0.29) is 5.91 Å². The van der Waals surface area contributed by atoms with Gasteiger partial charge in [-0.15, -0.1) is 0 Å². The third-order valence-electron chi connectivity index (χ3n) is 4.63. The third kappa shape index (κ3) is 4.97. The highest BCUT2D eigenvalue weighted by atomic mass is 16.5. The quantitative estimate of drug-likeness (QED) is 0.699. The molecule has 1 heterocycles. The van der Waals surface area contributed by atoms with E-state index >= 15 is 0 Å². The number of aryl methyl sites for hydroxylation is 2. The van der Waals surface area contributed by atoms with Crippen LogP contribution < -0.4 is 10.1 Å². The van der Waals surface area contributed by atoms with Crippen molar-refractivity contribution in [1.82, 2.24) is 15.1 Å². The van der Waals surface area contributed by atoms with Crippen molar-refractivity contribution in [2.24, 2.45) is 7.05 Å². The van der Waals surface area contributed by atoms with Crippen molar-refractivity contribution in [3.63, 3.8) is 0 Å². The average molecular weight is 363 g/mol. The van der Waals surface area contributed by atoms with Gasteiger partial charge in [-0.25, -0.2) is 0 Å². The molecule has 0 bridgehead atoms. The largest absolute Gasteiger partial charge is 0.489 e. The van der Waals surface area contributed by atoms with Gasteiger partial charge in [-0.2, -0.15) is 5.10 Å². The van der Waals surface area contributed by atoms with E-state index in [0.717, 1.165) is 33.8 Å². The highest BCUT2D eigenvalue weighted by Crippen LogP contribution is 2.16. The van der Waals surface area contributed by atoms with Gasteiger partial charge in [-0.1, -0.05) is 42.5 Å². The summed E-state index contributed by atoms with van der Waals surface area (Å²) in [6.45, 7) is 4.91. The Morgan fingerprint density at radius 3 is 2.52 bits per heavy atom. The van der Waals surface area contributed by atoms with E-state index in [1.165, 1.54) is 0 Å². The van der Waals surface area contributed by atoms with Crippen molar-refractivity contribution in [2.75, 3.05) is 0 Å². The third-order valence-corrected chi connectivity index (χ3v) is 4.63. The Balaban J connectivity index is 1.54. The SMILES string of the molecule is Cc1nn(C)c(C)c1CC(=O)NCc1cccc(OCc2ccccc2)c1. The molecule has 1 amide bonds. The molecule has 0 aliphatic carbocycles. The average Bonchev–Trinajstić information content (AvgIpc) is 2.92. The lowest BCUT2D eigenvalue weighted by atomic mass is 10.1. The van der Waals surface area contributed by atoms with Crippen LogP contribution in [0.25, 0.3) is 0 Å². The number of rotatable bonds is 7. The molecular formula is C22H25N3O2. The summed E-state index contributed by atoms with van der Waals surface area (Å²) in [5, 5.41) is 7.34. The zero-order valence-corrected chi connectivity index (χ0v) is 16.0. The number of ether oxygens (including phenoxy) is 1. The van der Waals surface area contributed by atoms with Crippen molar-refractivity contribution >= 4 is 5.91 Å². The summed E-state index contributed by atoms with van der Waals surface area (Å²) >= 11 is 0. The lowest BCUT2D eigenvalue weighted by Gasteiger charge is -2.09. The summed E-state index contributed by atoms with van der Waals surface area (Å²) in [6, 6.07) is 17.9. The van der Waals surface area contributed by atoms with Crippen LogP contribution in [0.2, 0.25) is 0 Å². The summed E-state index contributed by atoms with van der Waals surface area (Å²) in [7, 11) is 1.89. The zero-order valence-electron chi connectivity index (χ0n) is 16.0. The monoisotopic (exact) mass is 363 g/mol. The molecule has 0 radical (unpaired) electrons. The normalized spacial score (nSPS) is 10.6. The van der Waals surface area contributed by atoms with E-state index in [4.69, 9.17) is 4.74 Å². The summed E-state index contributed by atoms with van der Waals surface area (Å²) in [5.41, 5.74) is 5.06. The van der Waals surface area contributed by atoms with Crippen LogP contribution in [0.3, 0.4) is 0 Å². The van der Waals surface area contributed by atoms with Gasteiger partial charge in [0.25, 0.3) is 0 Å². The van der Waals surface area contributed by atoms with Crippen LogP contribution >= 0.6 is 0 Å². The predicted octanol–water partition coefficient (Wildman–Crippen LogP) is 3.47. The summed E-state index contributed by atoms with van der Waals surface area (Å²) in [4.78, 5) is 12.3. The van der Waals surface area contributed by atoms with Crippen LogP contribution in [0.15, 0.2) is 54.6 Å². The lowest BCUT2D eigenvalue weighted by molar-refractivity contribution is -0.120. The molecular weight excluding hydrogens is 338 g/mol. The van der Waals surface area contributed by atoms with Crippen LogP contribution in [0, 0.1) is 13.8 Å². The standard InChI is InChI=1S/C22H25N3O2/c1-16-21(17(2)25(3)24-16)13-22(26)23-14-19-10-7-11-20(12-19)27-15-18-8-5-4-6-9-18/h4-12H,13-15H2,1-3H3,(H,23,26). The van der Waals surface area contributed by atoms with Gasteiger partial charge >= 0.3 is 0 Å². The van der Waals surface area contributed by atoms with Gasteiger partial charge in [-0.3, -0.25) is 9.48 Å². The first-order valence-electron chi connectivity index (χ1n) is 9.04. The fourth-order valence-electron chi connectivity index (χ4n) is 2.98. The van der Waals surface area contributed by atoms with Crippen LogP contribution in [-0.2, 0) is 31.4 Å². The maximum absolute atomic E-state index is 12.3. The molecule has 3 rings (SSSR count). The van der Waals surface area contributed by atoms with E-state index < -0.39 is 0 Å². The van der Waals surface area contributed by atoms with E-state index in [2.05, 4.69) is 10.4 Å². The fraction of sp³-hybridized carbons (Fsp3) is 0.273. The van der Waals surface area contributed by atoms with Gasteiger partial charge in [0.1, 0.15) is 12.4 Å². The smallest absolute Gasteiger partial charge is 0.224 e. The van der Waals surface area contributed by atoms with Crippen molar-refractivity contribution in [2.45, 2.75) is 33.4 Å². The summed E-state index contributed by atoms with van der Waals surface area (Å²) in [6.07, 6.45) is 0.343. The number of aromatic nitrogens is 2. The molecule has 0 atom stereocenters. The Kier molecular flexibility index (Phi) is 5.91. The molecule has 0 fully saturated rings. The van der Waals surface area contributed by atoms with Gasteiger partial charge < -0.3 is 10.1 Å². The summed E-state index contributed by atoms with van der Waals surface area (Å²) < 4.78 is 7.66. The molecule has 2 aromatic carbocycles. The first kappa shape index (κ1) is 18.7. The number of carbonyl (C=O) groups is 1. The predicted molar refractivity (Wildman–Crippen MR) is 105 cm³/mol. The highest BCUT2D eigenvalue weighted by Gasteiger charge is 2.13. The molecule has 1 N–H and O–H groups in total. The van der Waals surface area contributed by atoms with Crippen LogP contribution in [0.4, 0.5) is 0 Å². The Morgan fingerprint density at radius 1 is 1.07 bits per heavy atom. The van der Waals surface area contributed by atoms with E-state index in [0.29, 0.717) is 19.6 Å². The molecule has 0 saturated heterocycles. The first-order valence-corrected chi connectivity index (χ1v) is 9.04. The lowest BCUT2D eigenvalue weighted by Crippen LogP contribution is -2.25. The van der Waals surface area contributed by atoms with Gasteiger partial charge in [0.15, 0.2) is 0 Å². The second-order valence-corrected chi connectivity index (χ2v) is 6.65. The van der Waals surface area contributed by atoms with Crippen molar-refractivity contribution < 1.29 is 9.53 Å². The van der Waals surface area contributed by atoms with Crippen LogP contribution in [-0.4, -0.2) is 15.7 Å². The zero-order chi connectivity index (χ0) is 19.2. The van der Waals surface area contributed by atoms with Crippen molar-refractivity contribution in [1.29, 1.82) is 0 Å². The first-order chi connectivity index (χ1) is 13.0. The Morgan fingerprint density at radius 2 is 1.81 bits per heavy atom. The Labute approximate surface area is 160 Å². The number of hydrogen-bond donors (Lipinski definition) is 1. The van der Waals surface area contributed by atoms with Gasteiger partial charge in [0, 0.05) is 24.8 Å². The molecule has 0 aliphatic heterocycles. The highest BCUT2D eigenvalue weighted by molar-refractivity contribution is 5.79. The molecule has 1 aromatic heterocycles. The molecule has 0 saturated carbocycles. The minimum Gasteiger partial charge on any atom is -0.489 e. The number of amides is 1. The molecule has 0 spiro atoms.